The first-order valence-electron chi connectivity index (χ1n) is 7.67. The minimum absolute atomic E-state index is 0.0578. The maximum Gasteiger partial charge on any atom is 0.234 e. The molecule has 0 bridgehead atoms. The zero-order chi connectivity index (χ0) is 18.4. The van der Waals surface area contributed by atoms with Crippen molar-refractivity contribution in [3.63, 3.8) is 0 Å². The Bertz CT molecular complexity index is 907. The van der Waals surface area contributed by atoms with E-state index in [1.165, 1.54) is 12.3 Å². The largest absolute Gasteiger partial charge is 0.439 e. The first-order valence-corrected chi connectivity index (χ1v) is 8.65. The van der Waals surface area contributed by atoms with E-state index in [4.69, 9.17) is 4.74 Å². The molecule has 1 heterocycles. The smallest absolute Gasteiger partial charge is 0.234 e. The minimum atomic E-state index is -0.938. The Morgan fingerprint density at radius 2 is 1.85 bits per heavy atom. The molecule has 0 fully saturated rings. The number of carbonyl (C=O) groups is 1. The predicted octanol–water partition coefficient (Wildman–Crippen LogP) is 4.88. The van der Waals surface area contributed by atoms with Gasteiger partial charge in [-0.25, -0.2) is 13.8 Å². The molecule has 0 saturated carbocycles. The second kappa shape index (κ2) is 8.44. The Kier molecular flexibility index (Phi) is 5.80. The molecule has 1 amide bonds. The standard InChI is InChI=1S/C19H14F2N2O2S/c20-16-7-6-15(11-17(16)21)26-12-18(24)23-13-8-9-22-19(10-13)25-14-4-2-1-3-5-14/h1-11H,12H2,(H,22,23,24). The van der Waals surface area contributed by atoms with Crippen molar-refractivity contribution in [1.29, 1.82) is 0 Å². The Morgan fingerprint density at radius 1 is 1.04 bits per heavy atom. The van der Waals surface area contributed by atoms with E-state index in [-0.39, 0.29) is 11.7 Å². The number of carbonyl (C=O) groups excluding carboxylic acids is 1. The number of anilines is 1. The van der Waals surface area contributed by atoms with Crippen molar-refractivity contribution in [2.75, 3.05) is 11.1 Å². The summed E-state index contributed by atoms with van der Waals surface area (Å²) in [5, 5.41) is 2.72. The number of pyridine rings is 1. The number of para-hydroxylation sites is 1. The van der Waals surface area contributed by atoms with Crippen molar-refractivity contribution in [2.45, 2.75) is 4.90 Å². The third kappa shape index (κ3) is 5.03. The lowest BCUT2D eigenvalue weighted by Crippen LogP contribution is -2.14. The number of hydrogen-bond donors (Lipinski definition) is 1. The van der Waals surface area contributed by atoms with Gasteiger partial charge in [0.15, 0.2) is 11.6 Å². The monoisotopic (exact) mass is 372 g/mol. The van der Waals surface area contributed by atoms with Gasteiger partial charge >= 0.3 is 0 Å². The normalized spacial score (nSPS) is 10.4. The van der Waals surface area contributed by atoms with Crippen molar-refractivity contribution in [3.8, 4) is 11.6 Å². The summed E-state index contributed by atoms with van der Waals surface area (Å²) in [5.41, 5.74) is 0.529. The molecule has 132 valence electrons. The molecular formula is C19H14F2N2O2S. The zero-order valence-corrected chi connectivity index (χ0v) is 14.3. The lowest BCUT2D eigenvalue weighted by atomic mass is 10.3. The SMILES string of the molecule is O=C(CSc1ccc(F)c(F)c1)Nc1ccnc(Oc2ccccc2)c1. The van der Waals surface area contributed by atoms with Gasteiger partial charge < -0.3 is 10.1 Å². The van der Waals surface area contributed by atoms with Crippen molar-refractivity contribution in [1.82, 2.24) is 4.98 Å². The molecule has 0 saturated heterocycles. The summed E-state index contributed by atoms with van der Waals surface area (Å²) < 4.78 is 31.7. The summed E-state index contributed by atoms with van der Waals surface area (Å²) >= 11 is 1.11. The molecule has 26 heavy (non-hydrogen) atoms. The molecule has 4 nitrogen and oxygen atoms in total. The number of rotatable bonds is 6. The van der Waals surface area contributed by atoms with Gasteiger partial charge in [-0.15, -0.1) is 11.8 Å². The van der Waals surface area contributed by atoms with Crippen molar-refractivity contribution in [3.05, 3.63) is 78.5 Å². The number of thioether (sulfide) groups is 1. The molecule has 0 aliphatic rings. The second-order valence-corrected chi connectivity index (χ2v) is 6.26. The van der Waals surface area contributed by atoms with Gasteiger partial charge in [0.2, 0.25) is 11.8 Å². The average Bonchev–Trinajstić information content (AvgIpc) is 2.64. The van der Waals surface area contributed by atoms with Crippen LogP contribution in [0, 0.1) is 11.6 Å². The van der Waals surface area contributed by atoms with E-state index in [9.17, 15) is 13.6 Å². The second-order valence-electron chi connectivity index (χ2n) is 5.21. The van der Waals surface area contributed by atoms with E-state index in [1.807, 2.05) is 18.2 Å². The molecule has 2 aromatic carbocycles. The van der Waals surface area contributed by atoms with Gasteiger partial charge in [-0.2, -0.15) is 0 Å². The van der Waals surface area contributed by atoms with Gasteiger partial charge in [-0.05, 0) is 36.4 Å². The van der Waals surface area contributed by atoms with Crippen LogP contribution in [0.15, 0.2) is 71.8 Å². The van der Waals surface area contributed by atoms with E-state index in [0.29, 0.717) is 22.2 Å². The molecule has 0 unspecified atom stereocenters. The van der Waals surface area contributed by atoms with Gasteiger partial charge in [0.25, 0.3) is 0 Å². The molecule has 0 aliphatic carbocycles. The summed E-state index contributed by atoms with van der Waals surface area (Å²) in [5.74, 6) is -1.09. The Morgan fingerprint density at radius 3 is 2.62 bits per heavy atom. The molecule has 0 atom stereocenters. The summed E-state index contributed by atoms with van der Waals surface area (Å²) in [4.78, 5) is 16.6. The van der Waals surface area contributed by atoms with Crippen LogP contribution in [0.3, 0.4) is 0 Å². The summed E-state index contributed by atoms with van der Waals surface area (Å²) in [7, 11) is 0. The van der Waals surface area contributed by atoms with Crippen LogP contribution in [0.2, 0.25) is 0 Å². The average molecular weight is 372 g/mol. The molecule has 0 spiro atoms. The van der Waals surface area contributed by atoms with Gasteiger partial charge in [-0.1, -0.05) is 18.2 Å². The van der Waals surface area contributed by atoms with Crippen molar-refractivity contribution >= 4 is 23.4 Å². The van der Waals surface area contributed by atoms with Crippen molar-refractivity contribution in [2.24, 2.45) is 0 Å². The van der Waals surface area contributed by atoms with E-state index in [2.05, 4.69) is 10.3 Å². The van der Waals surface area contributed by atoms with Crippen LogP contribution in [0.1, 0.15) is 0 Å². The quantitative estimate of drug-likeness (QED) is 0.627. The number of amides is 1. The lowest BCUT2D eigenvalue weighted by molar-refractivity contribution is -0.113. The molecule has 1 aromatic heterocycles. The predicted molar refractivity (Wildman–Crippen MR) is 96.5 cm³/mol. The molecule has 3 aromatic rings. The third-order valence-corrected chi connectivity index (χ3v) is 4.24. The Balaban J connectivity index is 1.57. The Hall–Kier alpha value is -2.93. The number of aromatic nitrogens is 1. The highest BCUT2D eigenvalue weighted by Gasteiger charge is 2.08. The molecule has 1 N–H and O–H groups in total. The van der Waals surface area contributed by atoms with Crippen LogP contribution < -0.4 is 10.1 Å². The maximum absolute atomic E-state index is 13.2. The molecule has 0 aliphatic heterocycles. The highest BCUT2D eigenvalue weighted by molar-refractivity contribution is 8.00. The highest BCUT2D eigenvalue weighted by atomic mass is 32.2. The van der Waals surface area contributed by atoms with Gasteiger partial charge in [0.05, 0.1) is 5.75 Å². The summed E-state index contributed by atoms with van der Waals surface area (Å²) in [6, 6.07) is 15.9. The fourth-order valence-corrected chi connectivity index (χ4v) is 2.79. The van der Waals surface area contributed by atoms with Crippen LogP contribution >= 0.6 is 11.8 Å². The van der Waals surface area contributed by atoms with Crippen LogP contribution in [0.5, 0.6) is 11.6 Å². The van der Waals surface area contributed by atoms with Crippen molar-refractivity contribution < 1.29 is 18.3 Å². The number of halogens is 2. The topological polar surface area (TPSA) is 51.2 Å². The number of benzene rings is 2. The fraction of sp³-hybridized carbons (Fsp3) is 0.0526. The van der Waals surface area contributed by atoms with Crippen LogP contribution in [0.4, 0.5) is 14.5 Å². The summed E-state index contributed by atoms with van der Waals surface area (Å²) in [6.07, 6.45) is 1.52. The first kappa shape index (κ1) is 17.9. The number of nitrogens with one attached hydrogen (secondary N) is 1. The van der Waals surface area contributed by atoms with E-state index in [0.717, 1.165) is 23.9 Å². The number of ether oxygens (including phenoxy) is 1. The lowest BCUT2D eigenvalue weighted by Gasteiger charge is -2.08. The van der Waals surface area contributed by atoms with Gasteiger partial charge in [0, 0.05) is 22.8 Å². The number of hydrogen-bond acceptors (Lipinski definition) is 4. The van der Waals surface area contributed by atoms with Crippen LogP contribution in [0.25, 0.3) is 0 Å². The van der Waals surface area contributed by atoms with Crippen LogP contribution in [-0.2, 0) is 4.79 Å². The Labute approximate surface area is 153 Å². The first-order chi connectivity index (χ1) is 12.6. The summed E-state index contributed by atoms with van der Waals surface area (Å²) in [6.45, 7) is 0. The van der Waals surface area contributed by atoms with E-state index < -0.39 is 11.6 Å². The van der Waals surface area contributed by atoms with Gasteiger partial charge in [-0.3, -0.25) is 4.79 Å². The third-order valence-electron chi connectivity index (χ3n) is 3.25. The van der Waals surface area contributed by atoms with E-state index in [1.54, 1.807) is 24.3 Å². The zero-order valence-electron chi connectivity index (χ0n) is 13.5. The van der Waals surface area contributed by atoms with Crippen LogP contribution in [-0.4, -0.2) is 16.6 Å². The fourth-order valence-electron chi connectivity index (χ4n) is 2.06. The molecule has 0 radical (unpaired) electrons. The highest BCUT2D eigenvalue weighted by Crippen LogP contribution is 2.23. The molecular weight excluding hydrogens is 358 g/mol. The van der Waals surface area contributed by atoms with Gasteiger partial charge in [0.1, 0.15) is 5.75 Å². The maximum atomic E-state index is 13.2. The minimum Gasteiger partial charge on any atom is -0.439 e. The van der Waals surface area contributed by atoms with E-state index >= 15 is 0 Å². The molecule has 7 heteroatoms. The number of nitrogens with zero attached hydrogens (tertiary/aromatic N) is 1. The molecule has 3 rings (SSSR count).